The van der Waals surface area contributed by atoms with Crippen LogP contribution in [0.2, 0.25) is 0 Å². The van der Waals surface area contributed by atoms with Gasteiger partial charge in [-0.2, -0.15) is 0 Å². The minimum absolute atomic E-state index is 0.207. The van der Waals surface area contributed by atoms with Crippen LogP contribution in [0.4, 0.5) is 8.78 Å². The number of methoxy groups -OCH3 is 1. The molecule has 0 radical (unpaired) electrons. The third-order valence-corrected chi connectivity index (χ3v) is 6.48. The molecule has 0 amide bonds. The SMILES string of the molecule is COC(=O)[C@@H]1CN(C(C)(C)CN(C)S(C)(=O)=O)C[C@H]1c1ccc(F)cc1F. The van der Waals surface area contributed by atoms with Crippen LogP contribution in [0.15, 0.2) is 18.2 Å². The molecule has 1 aromatic carbocycles. The first-order chi connectivity index (χ1) is 12.4. The predicted molar refractivity (Wildman–Crippen MR) is 97.7 cm³/mol. The summed E-state index contributed by atoms with van der Waals surface area (Å²) < 4.78 is 57.2. The van der Waals surface area contributed by atoms with E-state index in [1.165, 1.54) is 24.5 Å². The Morgan fingerprint density at radius 2 is 1.96 bits per heavy atom. The van der Waals surface area contributed by atoms with Gasteiger partial charge in [-0.05, 0) is 25.5 Å². The van der Waals surface area contributed by atoms with E-state index in [1.807, 2.05) is 18.7 Å². The van der Waals surface area contributed by atoms with Crippen molar-refractivity contribution in [2.75, 3.05) is 40.0 Å². The van der Waals surface area contributed by atoms with Gasteiger partial charge in [0.1, 0.15) is 11.6 Å². The molecule has 0 aromatic heterocycles. The number of hydrogen-bond donors (Lipinski definition) is 0. The molecular weight excluding hydrogens is 378 g/mol. The van der Waals surface area contributed by atoms with Gasteiger partial charge in [0, 0.05) is 44.2 Å². The second-order valence-electron chi connectivity index (χ2n) is 7.64. The van der Waals surface area contributed by atoms with Crippen LogP contribution in [0.25, 0.3) is 0 Å². The van der Waals surface area contributed by atoms with Crippen LogP contribution in [-0.2, 0) is 19.6 Å². The summed E-state index contributed by atoms with van der Waals surface area (Å²) in [5.41, 5.74) is -0.350. The molecule has 1 fully saturated rings. The molecule has 0 saturated carbocycles. The van der Waals surface area contributed by atoms with Crippen molar-refractivity contribution >= 4 is 16.0 Å². The van der Waals surface area contributed by atoms with E-state index in [1.54, 1.807) is 0 Å². The Bertz CT molecular complexity index is 814. The van der Waals surface area contributed by atoms with Crippen molar-refractivity contribution in [2.45, 2.75) is 25.3 Å². The van der Waals surface area contributed by atoms with E-state index in [2.05, 4.69) is 0 Å². The van der Waals surface area contributed by atoms with Gasteiger partial charge in [0.15, 0.2) is 0 Å². The Kier molecular flexibility index (Phi) is 6.28. The highest BCUT2D eigenvalue weighted by molar-refractivity contribution is 7.88. The highest BCUT2D eigenvalue weighted by Crippen LogP contribution is 2.38. The summed E-state index contributed by atoms with van der Waals surface area (Å²) in [5, 5.41) is 0. The minimum atomic E-state index is -3.36. The number of halogens is 2. The van der Waals surface area contributed by atoms with E-state index in [0.717, 1.165) is 18.4 Å². The number of ether oxygens (including phenoxy) is 1. The molecule has 2 rings (SSSR count). The molecule has 2 atom stereocenters. The summed E-state index contributed by atoms with van der Waals surface area (Å²) in [4.78, 5) is 14.2. The summed E-state index contributed by atoms with van der Waals surface area (Å²) in [6.07, 6.45) is 1.13. The van der Waals surface area contributed by atoms with Crippen molar-refractivity contribution in [3.63, 3.8) is 0 Å². The normalized spacial score (nSPS) is 21.6. The molecule has 152 valence electrons. The maximum absolute atomic E-state index is 14.3. The van der Waals surface area contributed by atoms with E-state index < -0.39 is 45.0 Å². The molecule has 0 unspecified atom stereocenters. The molecule has 27 heavy (non-hydrogen) atoms. The highest BCUT2D eigenvalue weighted by atomic mass is 32.2. The molecule has 6 nitrogen and oxygen atoms in total. The zero-order valence-electron chi connectivity index (χ0n) is 16.2. The van der Waals surface area contributed by atoms with Crippen molar-refractivity contribution in [2.24, 2.45) is 5.92 Å². The summed E-state index contributed by atoms with van der Waals surface area (Å²) in [6, 6.07) is 3.32. The zero-order valence-corrected chi connectivity index (χ0v) is 17.0. The molecule has 0 spiro atoms. The molecule has 9 heteroatoms. The van der Waals surface area contributed by atoms with Crippen molar-refractivity contribution in [3.8, 4) is 0 Å². The van der Waals surface area contributed by atoms with Crippen molar-refractivity contribution in [3.05, 3.63) is 35.4 Å². The Morgan fingerprint density at radius 3 is 2.48 bits per heavy atom. The number of sulfonamides is 1. The Balaban J connectivity index is 2.32. The third kappa shape index (κ3) is 4.83. The topological polar surface area (TPSA) is 66.9 Å². The van der Waals surface area contributed by atoms with Crippen molar-refractivity contribution in [1.29, 1.82) is 0 Å². The fourth-order valence-electron chi connectivity index (χ4n) is 3.57. The van der Waals surface area contributed by atoms with E-state index in [-0.39, 0.29) is 12.1 Å². The summed E-state index contributed by atoms with van der Waals surface area (Å²) in [5.74, 6) is -3.00. The predicted octanol–water partition coefficient (Wildman–Crippen LogP) is 1.82. The van der Waals surface area contributed by atoms with Gasteiger partial charge in [-0.3, -0.25) is 9.69 Å². The zero-order chi connectivity index (χ0) is 20.6. The number of rotatable bonds is 6. The molecule has 0 bridgehead atoms. The molecular formula is C18H26F2N2O4S. The maximum Gasteiger partial charge on any atom is 0.310 e. The number of carbonyl (C=O) groups is 1. The average molecular weight is 404 g/mol. The molecule has 1 heterocycles. The first-order valence-electron chi connectivity index (χ1n) is 8.56. The largest absolute Gasteiger partial charge is 0.469 e. The lowest BCUT2D eigenvalue weighted by molar-refractivity contribution is -0.145. The lowest BCUT2D eigenvalue weighted by Crippen LogP contribution is -2.51. The van der Waals surface area contributed by atoms with E-state index in [4.69, 9.17) is 4.74 Å². The second kappa shape index (κ2) is 7.81. The fraction of sp³-hybridized carbons (Fsp3) is 0.611. The van der Waals surface area contributed by atoms with E-state index >= 15 is 0 Å². The van der Waals surface area contributed by atoms with Crippen LogP contribution in [0, 0.1) is 17.6 Å². The number of likely N-dealkylation sites (tertiary alicyclic amines) is 1. The Morgan fingerprint density at radius 1 is 1.33 bits per heavy atom. The standard InChI is InChI=1S/C18H26F2N2O4S/c1-18(2,11-21(3)27(5,24)25)22-9-14(15(10-22)17(23)26-4)13-7-6-12(19)8-16(13)20/h6-8,14-15H,9-11H2,1-5H3/t14-,15+/m0/s1. The first kappa shape index (κ1) is 21.7. The Hall–Kier alpha value is -1.58. The fourth-order valence-corrected chi connectivity index (χ4v) is 4.12. The van der Waals surface area contributed by atoms with Crippen LogP contribution >= 0.6 is 0 Å². The van der Waals surface area contributed by atoms with Gasteiger partial charge in [-0.15, -0.1) is 0 Å². The van der Waals surface area contributed by atoms with Gasteiger partial charge < -0.3 is 4.74 Å². The second-order valence-corrected chi connectivity index (χ2v) is 9.73. The van der Waals surface area contributed by atoms with Gasteiger partial charge in [0.25, 0.3) is 0 Å². The van der Waals surface area contributed by atoms with Gasteiger partial charge in [0.2, 0.25) is 10.0 Å². The first-order valence-corrected chi connectivity index (χ1v) is 10.4. The van der Waals surface area contributed by atoms with E-state index in [9.17, 15) is 22.0 Å². The van der Waals surface area contributed by atoms with Crippen LogP contribution in [0.3, 0.4) is 0 Å². The molecule has 1 aliphatic rings. The number of esters is 1. The monoisotopic (exact) mass is 404 g/mol. The van der Waals surface area contributed by atoms with Crippen LogP contribution in [0.5, 0.6) is 0 Å². The van der Waals surface area contributed by atoms with E-state index in [0.29, 0.717) is 13.1 Å². The number of likely N-dealkylation sites (N-methyl/N-ethyl adjacent to an activating group) is 1. The lowest BCUT2D eigenvalue weighted by atomic mass is 9.88. The maximum atomic E-state index is 14.3. The number of hydrogen-bond acceptors (Lipinski definition) is 5. The Labute approximate surface area is 159 Å². The minimum Gasteiger partial charge on any atom is -0.469 e. The van der Waals surface area contributed by atoms with Crippen molar-refractivity contribution in [1.82, 2.24) is 9.21 Å². The molecule has 1 aromatic rings. The summed E-state index contributed by atoms with van der Waals surface area (Å²) in [7, 11) is -0.606. The van der Waals surface area contributed by atoms with Crippen LogP contribution < -0.4 is 0 Å². The molecule has 0 N–H and O–H groups in total. The van der Waals surface area contributed by atoms with Crippen LogP contribution in [-0.4, -0.2) is 69.2 Å². The summed E-state index contributed by atoms with van der Waals surface area (Å²) >= 11 is 0. The summed E-state index contributed by atoms with van der Waals surface area (Å²) in [6.45, 7) is 4.56. The highest BCUT2D eigenvalue weighted by Gasteiger charge is 2.45. The number of benzene rings is 1. The average Bonchev–Trinajstić information content (AvgIpc) is 2.98. The van der Waals surface area contributed by atoms with Gasteiger partial charge >= 0.3 is 5.97 Å². The molecule has 1 aliphatic heterocycles. The smallest absolute Gasteiger partial charge is 0.310 e. The molecule has 1 saturated heterocycles. The van der Waals surface area contributed by atoms with Gasteiger partial charge in [0.05, 0.1) is 19.3 Å². The van der Waals surface area contributed by atoms with Gasteiger partial charge in [-0.1, -0.05) is 6.07 Å². The van der Waals surface area contributed by atoms with Gasteiger partial charge in [-0.25, -0.2) is 21.5 Å². The lowest BCUT2D eigenvalue weighted by Gasteiger charge is -2.38. The number of carbonyl (C=O) groups excluding carboxylic acids is 1. The van der Waals surface area contributed by atoms with Crippen LogP contribution in [0.1, 0.15) is 25.3 Å². The number of nitrogens with zero attached hydrogens (tertiary/aromatic N) is 2. The van der Waals surface area contributed by atoms with Crippen molar-refractivity contribution < 1.29 is 26.7 Å². The quantitative estimate of drug-likeness (QED) is 0.677. The third-order valence-electron chi connectivity index (χ3n) is 5.22. The molecule has 0 aliphatic carbocycles.